The van der Waals surface area contributed by atoms with Crippen molar-refractivity contribution in [3.8, 4) is 0 Å². The lowest BCUT2D eigenvalue weighted by Crippen LogP contribution is -2.32. The normalized spacial score (nSPS) is 12.9. The quantitative estimate of drug-likeness (QED) is 0.478. The van der Waals surface area contributed by atoms with Crippen LogP contribution in [0.3, 0.4) is 0 Å². The molecule has 3 N–H and O–H groups in total. The summed E-state index contributed by atoms with van der Waals surface area (Å²) in [6, 6.07) is 5.68. The second-order valence-corrected chi connectivity index (χ2v) is 6.02. The van der Waals surface area contributed by atoms with E-state index in [2.05, 4.69) is 51.9 Å². The van der Waals surface area contributed by atoms with Crippen molar-refractivity contribution in [2.24, 2.45) is 5.84 Å². The first-order valence-corrected chi connectivity index (χ1v) is 7.30. The molecule has 0 aliphatic rings. The molecule has 5 nitrogen and oxygen atoms in total. The topological polar surface area (TPSA) is 68.8 Å². The molecule has 7 heteroatoms. The molecule has 2 aromatic rings. The number of hydrogen-bond donors (Lipinski definition) is 2. The molecule has 102 valence electrons. The minimum absolute atomic E-state index is 0.213. The Bertz CT molecular complexity index is 569. The summed E-state index contributed by atoms with van der Waals surface area (Å²) in [6.07, 6.45) is 1.54. The van der Waals surface area contributed by atoms with Gasteiger partial charge in [0, 0.05) is 14.6 Å². The van der Waals surface area contributed by atoms with E-state index in [0.717, 1.165) is 15.0 Å². The molecule has 1 aromatic heterocycles. The van der Waals surface area contributed by atoms with Crippen LogP contribution in [0.5, 0.6) is 0 Å². The highest BCUT2D eigenvalue weighted by Gasteiger charge is 2.22. The van der Waals surface area contributed by atoms with E-state index < -0.39 is 0 Å². The summed E-state index contributed by atoms with van der Waals surface area (Å²) in [5, 5.41) is 4.91. The monoisotopic (exact) mass is 391 g/mol. The number of rotatable bonds is 4. The maximum atomic E-state index is 6.07. The summed E-state index contributed by atoms with van der Waals surface area (Å²) < 4.78 is 2.92. The Balaban J connectivity index is 2.50. The van der Waals surface area contributed by atoms with Crippen LogP contribution in [-0.4, -0.2) is 14.8 Å². The van der Waals surface area contributed by atoms with Crippen molar-refractivity contribution in [3.63, 3.8) is 0 Å². The first-order valence-electron chi connectivity index (χ1n) is 5.85. The van der Waals surface area contributed by atoms with Gasteiger partial charge in [-0.3, -0.25) is 5.84 Å². The van der Waals surface area contributed by atoms with Crippen molar-refractivity contribution >= 4 is 34.2 Å². The van der Waals surface area contributed by atoms with E-state index in [1.807, 2.05) is 22.9 Å². The first-order chi connectivity index (χ1) is 9.04. The zero-order chi connectivity index (χ0) is 14.0. The molecule has 0 radical (unpaired) electrons. The van der Waals surface area contributed by atoms with Gasteiger partial charge in [-0.25, -0.2) is 15.1 Å². The Morgan fingerprint density at radius 1 is 1.42 bits per heavy atom. The maximum Gasteiger partial charge on any atom is 0.150 e. The smallest absolute Gasteiger partial charge is 0.150 e. The van der Waals surface area contributed by atoms with Crippen LogP contribution in [0.4, 0.5) is 0 Å². The maximum absolute atomic E-state index is 6.07. The van der Waals surface area contributed by atoms with E-state index in [1.165, 1.54) is 6.33 Å². The number of benzene rings is 1. The van der Waals surface area contributed by atoms with Crippen LogP contribution in [-0.2, 0) is 0 Å². The highest BCUT2D eigenvalue weighted by molar-refractivity contribution is 14.1. The third-order valence-corrected chi connectivity index (χ3v) is 4.00. The molecule has 1 heterocycles. The Labute approximate surface area is 130 Å². The average molecular weight is 392 g/mol. The highest BCUT2D eigenvalue weighted by atomic mass is 127. The highest BCUT2D eigenvalue weighted by Crippen LogP contribution is 2.28. The van der Waals surface area contributed by atoms with Gasteiger partial charge in [0.25, 0.3) is 0 Å². The van der Waals surface area contributed by atoms with Crippen LogP contribution < -0.4 is 11.3 Å². The summed E-state index contributed by atoms with van der Waals surface area (Å²) in [5.74, 6) is 6.48. The summed E-state index contributed by atoms with van der Waals surface area (Å²) in [7, 11) is 0. The number of nitrogens with zero attached hydrogens (tertiary/aromatic N) is 3. The summed E-state index contributed by atoms with van der Waals surface area (Å²) in [6.45, 7) is 4.10. The van der Waals surface area contributed by atoms with Crippen molar-refractivity contribution in [3.05, 3.63) is 44.5 Å². The first kappa shape index (κ1) is 14.7. The minimum Gasteiger partial charge on any atom is -0.270 e. The molecule has 0 spiro atoms. The number of aromatic nitrogens is 3. The van der Waals surface area contributed by atoms with E-state index >= 15 is 0 Å². The number of nitrogens with one attached hydrogen (secondary N) is 1. The third-order valence-electron chi connectivity index (χ3n) is 2.78. The van der Waals surface area contributed by atoms with Gasteiger partial charge in [-0.2, -0.15) is 5.10 Å². The van der Waals surface area contributed by atoms with Crippen LogP contribution in [0.1, 0.15) is 37.3 Å². The SMILES string of the molecule is CC(C)n1ncnc1C(NN)c1cc(Cl)ccc1I. The van der Waals surface area contributed by atoms with Crippen molar-refractivity contribution < 1.29 is 0 Å². The molecule has 1 atom stereocenters. The van der Waals surface area contributed by atoms with Crippen LogP contribution in [0.25, 0.3) is 0 Å². The predicted octanol–water partition coefficient (Wildman–Crippen LogP) is 2.67. The predicted molar refractivity (Wildman–Crippen MR) is 83.7 cm³/mol. The third kappa shape index (κ3) is 3.07. The van der Waals surface area contributed by atoms with E-state index in [1.54, 1.807) is 0 Å². The van der Waals surface area contributed by atoms with Gasteiger partial charge in [0.05, 0.1) is 0 Å². The van der Waals surface area contributed by atoms with Gasteiger partial charge in [0.15, 0.2) is 0 Å². The molecular weight excluding hydrogens is 377 g/mol. The van der Waals surface area contributed by atoms with Gasteiger partial charge in [-0.15, -0.1) is 0 Å². The van der Waals surface area contributed by atoms with Gasteiger partial charge in [0.2, 0.25) is 0 Å². The molecule has 0 bridgehead atoms. The van der Waals surface area contributed by atoms with Crippen LogP contribution >= 0.6 is 34.2 Å². The van der Waals surface area contributed by atoms with Crippen molar-refractivity contribution in [1.82, 2.24) is 20.2 Å². The van der Waals surface area contributed by atoms with Crippen molar-refractivity contribution in [2.45, 2.75) is 25.9 Å². The summed E-state index contributed by atoms with van der Waals surface area (Å²) in [4.78, 5) is 4.32. The number of hydrogen-bond acceptors (Lipinski definition) is 4. The van der Waals surface area contributed by atoms with Crippen LogP contribution in [0.15, 0.2) is 24.5 Å². The number of nitrogens with two attached hydrogens (primary N) is 1. The fourth-order valence-electron chi connectivity index (χ4n) is 1.90. The van der Waals surface area contributed by atoms with Crippen molar-refractivity contribution in [1.29, 1.82) is 0 Å². The van der Waals surface area contributed by atoms with Gasteiger partial charge in [-0.1, -0.05) is 11.6 Å². The van der Waals surface area contributed by atoms with Gasteiger partial charge < -0.3 is 0 Å². The minimum atomic E-state index is -0.240. The summed E-state index contributed by atoms with van der Waals surface area (Å²) >= 11 is 8.32. The lowest BCUT2D eigenvalue weighted by molar-refractivity contribution is 0.468. The molecular formula is C12H15ClIN5. The summed E-state index contributed by atoms with van der Waals surface area (Å²) in [5.41, 5.74) is 3.79. The molecule has 19 heavy (non-hydrogen) atoms. The van der Waals surface area contributed by atoms with Crippen molar-refractivity contribution in [2.75, 3.05) is 0 Å². The molecule has 0 amide bonds. The fraction of sp³-hybridized carbons (Fsp3) is 0.333. The molecule has 1 aromatic carbocycles. The Morgan fingerprint density at radius 2 is 2.16 bits per heavy atom. The van der Waals surface area contributed by atoms with Gasteiger partial charge >= 0.3 is 0 Å². The molecule has 0 fully saturated rings. The Hall–Kier alpha value is -0.700. The van der Waals surface area contributed by atoms with Gasteiger partial charge in [0.1, 0.15) is 18.2 Å². The van der Waals surface area contributed by atoms with E-state index in [4.69, 9.17) is 17.4 Å². The zero-order valence-electron chi connectivity index (χ0n) is 10.6. The number of hydrazine groups is 1. The fourth-order valence-corrected chi connectivity index (χ4v) is 2.73. The Morgan fingerprint density at radius 3 is 2.79 bits per heavy atom. The Kier molecular flexibility index (Phi) is 4.77. The van der Waals surface area contributed by atoms with Gasteiger partial charge in [-0.05, 0) is 60.2 Å². The van der Waals surface area contributed by atoms with E-state index in [9.17, 15) is 0 Å². The standard InChI is InChI=1S/C12H15ClIN5/c1-7(2)19-12(16-6-17-19)11(18-15)9-5-8(13)3-4-10(9)14/h3-7,11,18H,15H2,1-2H3. The molecule has 2 rings (SSSR count). The largest absolute Gasteiger partial charge is 0.270 e. The lowest BCUT2D eigenvalue weighted by atomic mass is 10.1. The molecule has 0 aliphatic carbocycles. The van der Waals surface area contributed by atoms with E-state index in [0.29, 0.717) is 5.02 Å². The second kappa shape index (κ2) is 6.17. The molecule has 0 aliphatic heterocycles. The molecule has 1 unspecified atom stereocenters. The molecule has 0 saturated heterocycles. The van der Waals surface area contributed by atoms with Crippen LogP contribution in [0.2, 0.25) is 5.02 Å². The second-order valence-electron chi connectivity index (χ2n) is 4.42. The number of halogens is 2. The van der Waals surface area contributed by atoms with E-state index in [-0.39, 0.29) is 12.1 Å². The zero-order valence-corrected chi connectivity index (χ0v) is 13.6. The van der Waals surface area contributed by atoms with Crippen LogP contribution in [0, 0.1) is 3.57 Å². The lowest BCUT2D eigenvalue weighted by Gasteiger charge is -2.19. The molecule has 0 saturated carbocycles. The average Bonchev–Trinajstić information content (AvgIpc) is 2.84.